The van der Waals surface area contributed by atoms with Gasteiger partial charge in [0.1, 0.15) is 17.0 Å². The van der Waals surface area contributed by atoms with Crippen molar-refractivity contribution in [3.63, 3.8) is 0 Å². The molecule has 3 aromatic rings. The van der Waals surface area contributed by atoms with Gasteiger partial charge in [-0.15, -0.1) is 0 Å². The zero-order valence-electron chi connectivity index (χ0n) is 14.7. The summed E-state index contributed by atoms with van der Waals surface area (Å²) in [6, 6.07) is 7.65. The van der Waals surface area contributed by atoms with Gasteiger partial charge in [-0.1, -0.05) is 36.6 Å². The standard InChI is InChI=1S/C20H22ClN5/c21-15-5-3-14(4-6-15)17-18-19(25-24-17)23-16(13-22-18)26-11-9-20(10-12-26)7-1-2-8-20/h3-6,13H,1-2,7-12H2,(H,23,24,25). The minimum Gasteiger partial charge on any atom is -0.355 e. The van der Waals surface area contributed by atoms with Gasteiger partial charge >= 0.3 is 0 Å². The van der Waals surface area contributed by atoms with Crippen LogP contribution in [0.5, 0.6) is 0 Å². The van der Waals surface area contributed by atoms with E-state index in [9.17, 15) is 0 Å². The zero-order valence-corrected chi connectivity index (χ0v) is 15.5. The van der Waals surface area contributed by atoms with Crippen molar-refractivity contribution in [3.8, 4) is 11.3 Å². The molecule has 2 aromatic heterocycles. The first-order chi connectivity index (χ1) is 12.7. The molecular weight excluding hydrogens is 346 g/mol. The van der Waals surface area contributed by atoms with E-state index in [0.29, 0.717) is 10.4 Å². The number of halogens is 1. The third kappa shape index (κ3) is 2.75. The molecule has 0 amide bonds. The van der Waals surface area contributed by atoms with Gasteiger partial charge in [-0.25, -0.2) is 9.97 Å². The van der Waals surface area contributed by atoms with Crippen LogP contribution in [0.15, 0.2) is 30.5 Å². The average molecular weight is 368 g/mol. The Balaban J connectivity index is 1.40. The molecule has 1 aromatic carbocycles. The van der Waals surface area contributed by atoms with Gasteiger partial charge in [0.25, 0.3) is 0 Å². The number of benzene rings is 1. The number of nitrogens with zero attached hydrogens (tertiary/aromatic N) is 4. The average Bonchev–Trinajstić information content (AvgIpc) is 3.30. The highest BCUT2D eigenvalue weighted by molar-refractivity contribution is 6.30. The molecule has 1 aliphatic carbocycles. The summed E-state index contributed by atoms with van der Waals surface area (Å²) in [7, 11) is 0. The molecule has 1 saturated heterocycles. The first kappa shape index (κ1) is 16.1. The minimum atomic E-state index is 0.615. The quantitative estimate of drug-likeness (QED) is 0.704. The van der Waals surface area contributed by atoms with E-state index < -0.39 is 0 Å². The molecular formula is C20H22ClN5. The topological polar surface area (TPSA) is 57.7 Å². The lowest BCUT2D eigenvalue weighted by atomic mass is 9.77. The van der Waals surface area contributed by atoms with E-state index in [1.165, 1.54) is 38.5 Å². The molecule has 3 heterocycles. The van der Waals surface area contributed by atoms with E-state index in [1.54, 1.807) is 0 Å². The highest BCUT2D eigenvalue weighted by atomic mass is 35.5. The maximum absolute atomic E-state index is 5.98. The van der Waals surface area contributed by atoms with Crippen LogP contribution in [-0.4, -0.2) is 33.3 Å². The number of rotatable bonds is 2. The van der Waals surface area contributed by atoms with Gasteiger partial charge < -0.3 is 4.90 Å². The molecule has 1 N–H and O–H groups in total. The largest absolute Gasteiger partial charge is 0.355 e. The highest BCUT2D eigenvalue weighted by Crippen LogP contribution is 2.46. The van der Waals surface area contributed by atoms with Crippen LogP contribution >= 0.6 is 11.6 Å². The number of H-pyrrole nitrogens is 1. The summed E-state index contributed by atoms with van der Waals surface area (Å²) in [6.07, 6.45) is 10.1. The molecule has 134 valence electrons. The van der Waals surface area contributed by atoms with Gasteiger partial charge in [-0.3, -0.25) is 5.10 Å². The van der Waals surface area contributed by atoms with E-state index in [-0.39, 0.29) is 0 Å². The fourth-order valence-electron chi connectivity index (χ4n) is 4.59. The highest BCUT2D eigenvalue weighted by Gasteiger charge is 2.37. The Kier molecular flexibility index (Phi) is 3.85. The Labute approximate surface area is 157 Å². The molecule has 0 bridgehead atoms. The minimum absolute atomic E-state index is 0.615. The molecule has 2 aliphatic rings. The summed E-state index contributed by atoms with van der Waals surface area (Å²) in [6.45, 7) is 2.16. The molecule has 0 radical (unpaired) electrons. The predicted molar refractivity (Wildman–Crippen MR) is 104 cm³/mol. The SMILES string of the molecule is Clc1ccc(-c2n[nH]c3nc(N4CCC5(CCCC5)CC4)cnc23)cc1. The summed E-state index contributed by atoms with van der Waals surface area (Å²) in [5, 5.41) is 8.19. The third-order valence-corrected chi connectivity index (χ3v) is 6.44. The second kappa shape index (κ2) is 6.23. The predicted octanol–water partition coefficient (Wildman–Crippen LogP) is 4.83. The Bertz CT molecular complexity index is 917. The lowest BCUT2D eigenvalue weighted by Crippen LogP contribution is -2.39. The molecule has 5 nitrogen and oxygen atoms in total. The number of fused-ring (bicyclic) bond motifs is 1. The number of hydrogen-bond acceptors (Lipinski definition) is 4. The lowest BCUT2D eigenvalue weighted by Gasteiger charge is -2.39. The van der Waals surface area contributed by atoms with Crippen LogP contribution in [0.1, 0.15) is 38.5 Å². The monoisotopic (exact) mass is 367 g/mol. The maximum Gasteiger partial charge on any atom is 0.177 e. The van der Waals surface area contributed by atoms with E-state index in [4.69, 9.17) is 16.6 Å². The lowest BCUT2D eigenvalue weighted by molar-refractivity contribution is 0.226. The number of piperidine rings is 1. The molecule has 5 rings (SSSR count). The maximum atomic E-state index is 5.98. The van der Waals surface area contributed by atoms with Crippen LogP contribution in [0, 0.1) is 5.41 Å². The normalized spacial score (nSPS) is 19.5. The number of anilines is 1. The van der Waals surface area contributed by atoms with E-state index in [2.05, 4.69) is 20.1 Å². The van der Waals surface area contributed by atoms with Crippen LogP contribution in [0.2, 0.25) is 5.02 Å². The van der Waals surface area contributed by atoms with Gasteiger partial charge in [0.05, 0.1) is 6.20 Å². The summed E-state index contributed by atoms with van der Waals surface area (Å²) in [5.41, 5.74) is 3.97. The summed E-state index contributed by atoms with van der Waals surface area (Å²) >= 11 is 5.98. The number of aromatic nitrogens is 4. The molecule has 6 heteroatoms. The van der Waals surface area contributed by atoms with Crippen LogP contribution in [-0.2, 0) is 0 Å². The first-order valence-electron chi connectivity index (χ1n) is 9.45. The van der Waals surface area contributed by atoms with Gasteiger partial charge in [-0.05, 0) is 43.2 Å². The number of hydrogen-bond donors (Lipinski definition) is 1. The first-order valence-corrected chi connectivity index (χ1v) is 9.82. The van der Waals surface area contributed by atoms with Crippen molar-refractivity contribution in [2.24, 2.45) is 5.41 Å². The van der Waals surface area contributed by atoms with Crippen LogP contribution in [0.3, 0.4) is 0 Å². The van der Waals surface area contributed by atoms with Crippen molar-refractivity contribution in [2.75, 3.05) is 18.0 Å². The Hall–Kier alpha value is -2.14. The van der Waals surface area contributed by atoms with Gasteiger partial charge in [-0.2, -0.15) is 5.10 Å². The molecule has 1 saturated carbocycles. The summed E-state index contributed by atoms with van der Waals surface area (Å²) < 4.78 is 0. The second-order valence-corrected chi connectivity index (χ2v) is 8.14. The van der Waals surface area contributed by atoms with Crippen molar-refractivity contribution in [1.29, 1.82) is 0 Å². The van der Waals surface area contributed by atoms with Crippen LogP contribution in [0.4, 0.5) is 5.82 Å². The Morgan fingerprint density at radius 1 is 1.00 bits per heavy atom. The van der Waals surface area contributed by atoms with Crippen molar-refractivity contribution in [2.45, 2.75) is 38.5 Å². The molecule has 2 fully saturated rings. The fourth-order valence-corrected chi connectivity index (χ4v) is 4.72. The van der Waals surface area contributed by atoms with E-state index >= 15 is 0 Å². The van der Waals surface area contributed by atoms with Gasteiger partial charge in [0.15, 0.2) is 5.65 Å². The van der Waals surface area contributed by atoms with Crippen LogP contribution < -0.4 is 4.90 Å². The molecule has 1 spiro atoms. The molecule has 26 heavy (non-hydrogen) atoms. The van der Waals surface area contributed by atoms with Crippen molar-refractivity contribution in [3.05, 3.63) is 35.5 Å². The smallest absolute Gasteiger partial charge is 0.177 e. The Morgan fingerprint density at radius 2 is 1.73 bits per heavy atom. The molecule has 0 unspecified atom stereocenters. The molecule has 1 aliphatic heterocycles. The van der Waals surface area contributed by atoms with Crippen molar-refractivity contribution >= 4 is 28.6 Å². The third-order valence-electron chi connectivity index (χ3n) is 6.19. The van der Waals surface area contributed by atoms with E-state index in [0.717, 1.165) is 41.3 Å². The Morgan fingerprint density at radius 3 is 2.46 bits per heavy atom. The molecule has 0 atom stereocenters. The number of aromatic amines is 1. The van der Waals surface area contributed by atoms with Crippen molar-refractivity contribution < 1.29 is 0 Å². The number of nitrogens with one attached hydrogen (secondary N) is 1. The summed E-state index contributed by atoms with van der Waals surface area (Å²) in [5.74, 6) is 0.955. The van der Waals surface area contributed by atoms with E-state index in [1.807, 2.05) is 30.5 Å². The van der Waals surface area contributed by atoms with Crippen LogP contribution in [0.25, 0.3) is 22.4 Å². The fraction of sp³-hybridized carbons (Fsp3) is 0.450. The zero-order chi connectivity index (χ0) is 17.6. The summed E-state index contributed by atoms with van der Waals surface area (Å²) in [4.78, 5) is 11.8. The second-order valence-electron chi connectivity index (χ2n) is 7.70. The van der Waals surface area contributed by atoms with Gasteiger partial charge in [0, 0.05) is 23.7 Å². The van der Waals surface area contributed by atoms with Crippen molar-refractivity contribution in [1.82, 2.24) is 20.2 Å². The van der Waals surface area contributed by atoms with Gasteiger partial charge in [0.2, 0.25) is 0 Å².